The van der Waals surface area contributed by atoms with Crippen molar-refractivity contribution in [1.29, 1.82) is 0 Å². The quantitative estimate of drug-likeness (QED) is 0.550. The fraction of sp³-hybridized carbons (Fsp3) is 0.692. The van der Waals surface area contributed by atoms with Gasteiger partial charge in [0.15, 0.2) is 0 Å². The summed E-state index contributed by atoms with van der Waals surface area (Å²) < 4.78 is 8.86. The number of hydrogen-bond donors (Lipinski definition) is 0. The van der Waals surface area contributed by atoms with Crippen LogP contribution in [0.3, 0.4) is 0 Å². The molecule has 0 aromatic rings. The molecule has 1 atom stereocenters. The fourth-order valence-electron chi connectivity index (χ4n) is 4.42. The summed E-state index contributed by atoms with van der Waals surface area (Å²) in [5, 5.41) is 0. The maximum absolute atomic E-state index is 7.11. The van der Waals surface area contributed by atoms with E-state index in [0.717, 1.165) is 12.8 Å². The van der Waals surface area contributed by atoms with Crippen LogP contribution in [0.15, 0.2) is 45.4 Å². The first kappa shape index (κ1) is 30.2. The second-order valence-electron chi connectivity index (χ2n) is 12.0. The van der Waals surface area contributed by atoms with Crippen LogP contribution >= 0.6 is 0 Å². The van der Waals surface area contributed by atoms with E-state index in [2.05, 4.69) is 107 Å². The molecule has 0 saturated heterocycles. The van der Waals surface area contributed by atoms with E-state index >= 15 is 0 Å². The van der Waals surface area contributed by atoms with Crippen LogP contribution in [0.2, 0.25) is 3.72 Å². The Bertz CT molecular complexity index is 722. The predicted octanol–water partition coefficient (Wildman–Crippen LogP) is 2.02. The molecule has 1 nitrogen and oxygen atoms in total. The molecule has 0 heterocycles. The van der Waals surface area contributed by atoms with Gasteiger partial charge in [0.05, 0.1) is 0 Å². The van der Waals surface area contributed by atoms with Gasteiger partial charge < -0.3 is 24.8 Å². The molecule has 0 N–H and O–H groups in total. The van der Waals surface area contributed by atoms with Crippen molar-refractivity contribution in [3.05, 3.63) is 45.4 Å². The number of ether oxygens (including phenoxy) is 1. The van der Waals surface area contributed by atoms with Gasteiger partial charge in [-0.1, -0.05) is 0 Å². The average molecular weight is 489 g/mol. The third-order valence-electron chi connectivity index (χ3n) is 5.75. The van der Waals surface area contributed by atoms with Gasteiger partial charge in [0, 0.05) is 0 Å². The van der Waals surface area contributed by atoms with E-state index in [0.29, 0.717) is 0 Å². The SMILES string of the molecule is CC(C)(C)OC1([C](C)(C)[Ti+2][C]2=CC=CC2)CC=C(C(C)(C)C)C=C1C(C)(C)C.[Cl-].[Cl-]. The monoisotopic (exact) mass is 488 g/mol. The van der Waals surface area contributed by atoms with Gasteiger partial charge in [-0.2, -0.15) is 0 Å². The van der Waals surface area contributed by atoms with Gasteiger partial charge in [0.2, 0.25) is 0 Å². The molecular formula is C26H42Cl2OTi. The van der Waals surface area contributed by atoms with Crippen LogP contribution in [0.25, 0.3) is 0 Å². The summed E-state index contributed by atoms with van der Waals surface area (Å²) in [6.07, 6.45) is 13.9. The van der Waals surface area contributed by atoms with Crippen LogP contribution in [0.4, 0.5) is 0 Å². The molecule has 0 amide bonds. The van der Waals surface area contributed by atoms with E-state index in [9.17, 15) is 0 Å². The summed E-state index contributed by atoms with van der Waals surface area (Å²) in [6, 6.07) is 0. The Morgan fingerprint density at radius 1 is 0.867 bits per heavy atom. The van der Waals surface area contributed by atoms with Crippen LogP contribution in [0.1, 0.15) is 89.0 Å². The van der Waals surface area contributed by atoms with E-state index in [-0.39, 0.29) is 69.7 Å². The third kappa shape index (κ3) is 6.85. The van der Waals surface area contributed by atoms with Crippen molar-refractivity contribution in [3.8, 4) is 0 Å². The van der Waals surface area contributed by atoms with E-state index in [4.69, 9.17) is 4.74 Å². The molecule has 0 aliphatic heterocycles. The summed E-state index contributed by atoms with van der Waals surface area (Å²) in [6.45, 7) is 25.6. The maximum Gasteiger partial charge on any atom is -1.00 e. The van der Waals surface area contributed by atoms with Gasteiger partial charge in [0.1, 0.15) is 0 Å². The van der Waals surface area contributed by atoms with E-state index in [1.165, 1.54) is 11.1 Å². The Kier molecular flexibility index (Phi) is 10.1. The largest absolute Gasteiger partial charge is 1.00 e. The van der Waals surface area contributed by atoms with Gasteiger partial charge in [-0.25, -0.2) is 0 Å². The van der Waals surface area contributed by atoms with Gasteiger partial charge in [-0.05, 0) is 0 Å². The third-order valence-corrected chi connectivity index (χ3v) is 8.44. The van der Waals surface area contributed by atoms with E-state index < -0.39 is 0 Å². The van der Waals surface area contributed by atoms with Crippen LogP contribution in [-0.4, -0.2) is 11.2 Å². The average Bonchev–Trinajstić information content (AvgIpc) is 2.95. The molecule has 30 heavy (non-hydrogen) atoms. The van der Waals surface area contributed by atoms with Crippen LogP contribution in [0, 0.1) is 10.8 Å². The normalized spacial score (nSPS) is 22.3. The first-order valence-corrected chi connectivity index (χ1v) is 12.3. The summed E-state index contributed by atoms with van der Waals surface area (Å²) in [7, 11) is 0. The summed E-state index contributed by atoms with van der Waals surface area (Å²) in [4.78, 5) is 0. The molecule has 0 spiro atoms. The molecule has 2 aliphatic rings. The first-order valence-electron chi connectivity index (χ1n) is 10.8. The zero-order valence-corrected chi connectivity index (χ0v) is 24.0. The number of halogens is 2. The van der Waals surface area contributed by atoms with Crippen molar-refractivity contribution in [3.63, 3.8) is 0 Å². The fourth-order valence-corrected chi connectivity index (χ4v) is 7.06. The molecule has 0 saturated carbocycles. The van der Waals surface area contributed by atoms with Crippen molar-refractivity contribution in [1.82, 2.24) is 0 Å². The Morgan fingerprint density at radius 3 is 1.83 bits per heavy atom. The minimum Gasteiger partial charge on any atom is -1.00 e. The minimum absolute atomic E-state index is 0. The molecule has 1 unspecified atom stereocenters. The van der Waals surface area contributed by atoms with Crippen LogP contribution in [0.5, 0.6) is 0 Å². The molecule has 0 aromatic heterocycles. The molecule has 2 rings (SSSR count). The molecule has 2 aliphatic carbocycles. The first-order chi connectivity index (χ1) is 12.5. The summed E-state index contributed by atoms with van der Waals surface area (Å²) >= 11 is -0.337. The minimum atomic E-state index is -0.337. The van der Waals surface area contributed by atoms with Crippen molar-refractivity contribution >= 4 is 0 Å². The topological polar surface area (TPSA) is 9.23 Å². The zero-order valence-electron chi connectivity index (χ0n) is 21.0. The maximum atomic E-state index is 7.11. The number of hydrogen-bond acceptors (Lipinski definition) is 1. The van der Waals surface area contributed by atoms with Crippen molar-refractivity contribution in [2.75, 3.05) is 0 Å². The zero-order chi connectivity index (χ0) is 21.6. The van der Waals surface area contributed by atoms with E-state index in [1.807, 2.05) is 0 Å². The second kappa shape index (κ2) is 10.0. The molecule has 170 valence electrons. The second-order valence-corrected chi connectivity index (χ2v) is 15.4. The molecule has 0 bridgehead atoms. The summed E-state index contributed by atoms with van der Waals surface area (Å²) in [5.74, 6) is 0. The molecule has 0 aromatic carbocycles. The smallest absolute Gasteiger partial charge is 1.00 e. The van der Waals surface area contributed by atoms with Gasteiger partial charge in [-0.15, -0.1) is 0 Å². The molecular weight excluding hydrogens is 447 g/mol. The Labute approximate surface area is 208 Å². The van der Waals surface area contributed by atoms with Gasteiger partial charge in [-0.3, -0.25) is 0 Å². The van der Waals surface area contributed by atoms with Crippen molar-refractivity contribution in [2.45, 2.75) is 104 Å². The van der Waals surface area contributed by atoms with Crippen LogP contribution < -0.4 is 24.8 Å². The number of rotatable bonds is 4. The molecule has 0 fully saturated rings. The molecule has 4 heteroatoms. The Hall–Kier alpha value is 0.214. The van der Waals surface area contributed by atoms with Gasteiger partial charge in [0.25, 0.3) is 0 Å². The molecule has 0 radical (unpaired) electrons. The standard InChI is InChI=1S/C21H37O.C5H5.2ClH.Ti/c1-15(2)21(22-20(9,10)11)13-12-16(18(3,4)5)14-17(21)19(6,7)8;1-2-4-5-3-1;;;/h12,14H,13H2,1-11H3;1-3H,4H2;2*1H;/q;;;;+2/p-2. The summed E-state index contributed by atoms with van der Waals surface area (Å²) in [5.41, 5.74) is 2.68. The predicted molar refractivity (Wildman–Crippen MR) is 119 cm³/mol. The van der Waals surface area contributed by atoms with Crippen LogP contribution in [-0.2, 0) is 23.9 Å². The van der Waals surface area contributed by atoms with Crippen molar-refractivity contribution in [2.24, 2.45) is 10.8 Å². The Balaban J connectivity index is 0.00000420. The van der Waals surface area contributed by atoms with Gasteiger partial charge >= 0.3 is 184 Å². The van der Waals surface area contributed by atoms with E-state index in [1.54, 1.807) is 3.88 Å². The number of allylic oxidation sites excluding steroid dienone is 6. The Morgan fingerprint density at radius 2 is 1.43 bits per heavy atom. The van der Waals surface area contributed by atoms with Crippen molar-refractivity contribution < 1.29 is 48.7 Å².